The van der Waals surface area contributed by atoms with E-state index in [1.54, 1.807) is 7.11 Å². The van der Waals surface area contributed by atoms with Gasteiger partial charge < -0.3 is 15.4 Å². The molecule has 2 rings (SSSR count). The number of nitrogens with zero attached hydrogens (tertiary/aromatic N) is 1. The number of hydrogen-bond donors (Lipinski definition) is 1. The minimum atomic E-state index is 0.0744. The molecule has 1 fully saturated rings. The molecule has 4 heteroatoms. The summed E-state index contributed by atoms with van der Waals surface area (Å²) in [6, 6.07) is 6.16. The molecule has 3 nitrogen and oxygen atoms in total. The third kappa shape index (κ3) is 3.46. The van der Waals surface area contributed by atoms with Crippen LogP contribution in [0.1, 0.15) is 30.9 Å². The van der Waals surface area contributed by atoms with Crippen LogP contribution >= 0.6 is 15.9 Å². The summed E-state index contributed by atoms with van der Waals surface area (Å²) in [4.78, 5) is 2.46. The third-order valence-corrected chi connectivity index (χ3v) is 4.13. The van der Waals surface area contributed by atoms with E-state index in [-0.39, 0.29) is 6.04 Å². The van der Waals surface area contributed by atoms with Crippen molar-refractivity contribution in [2.45, 2.75) is 25.3 Å². The Hall–Kier alpha value is -0.580. The van der Waals surface area contributed by atoms with Crippen molar-refractivity contribution in [1.29, 1.82) is 0 Å². The van der Waals surface area contributed by atoms with Crippen LogP contribution in [0.2, 0.25) is 0 Å². The molecule has 1 aliphatic heterocycles. The van der Waals surface area contributed by atoms with Gasteiger partial charge in [-0.1, -0.05) is 12.5 Å². The molecule has 0 bridgehead atoms. The fourth-order valence-electron chi connectivity index (χ4n) is 2.44. The van der Waals surface area contributed by atoms with E-state index in [0.29, 0.717) is 0 Å². The average Bonchev–Trinajstić information content (AvgIpc) is 2.39. The molecule has 0 amide bonds. The van der Waals surface area contributed by atoms with Gasteiger partial charge in [-0.25, -0.2) is 0 Å². The molecule has 1 atom stereocenters. The summed E-state index contributed by atoms with van der Waals surface area (Å²) in [5.74, 6) is 0.851. The van der Waals surface area contributed by atoms with Crippen LogP contribution in [0.15, 0.2) is 22.7 Å². The van der Waals surface area contributed by atoms with Crippen LogP contribution in [0.5, 0.6) is 5.75 Å². The molecule has 1 saturated heterocycles. The van der Waals surface area contributed by atoms with Gasteiger partial charge in [0.15, 0.2) is 0 Å². The zero-order chi connectivity index (χ0) is 13.0. The Labute approximate surface area is 117 Å². The largest absolute Gasteiger partial charge is 0.496 e. The zero-order valence-electron chi connectivity index (χ0n) is 10.9. The maximum atomic E-state index is 6.28. The van der Waals surface area contributed by atoms with Gasteiger partial charge in [-0.2, -0.15) is 0 Å². The molecule has 0 spiro atoms. The first kappa shape index (κ1) is 13.8. The summed E-state index contributed by atoms with van der Waals surface area (Å²) in [5, 5.41) is 0. The van der Waals surface area contributed by atoms with E-state index in [4.69, 9.17) is 10.5 Å². The van der Waals surface area contributed by atoms with Gasteiger partial charge in [0.05, 0.1) is 11.6 Å². The van der Waals surface area contributed by atoms with Crippen LogP contribution < -0.4 is 10.5 Å². The number of hydrogen-bond acceptors (Lipinski definition) is 3. The van der Waals surface area contributed by atoms with Crippen molar-refractivity contribution >= 4 is 15.9 Å². The van der Waals surface area contributed by atoms with Gasteiger partial charge in [0.2, 0.25) is 0 Å². The van der Waals surface area contributed by atoms with Crippen LogP contribution in [0, 0.1) is 0 Å². The Kier molecular flexibility index (Phi) is 5.03. The fourth-order valence-corrected chi connectivity index (χ4v) is 3.00. The van der Waals surface area contributed by atoms with Crippen molar-refractivity contribution in [3.8, 4) is 5.75 Å². The summed E-state index contributed by atoms with van der Waals surface area (Å²) in [6.07, 6.45) is 3.97. The first-order chi connectivity index (χ1) is 8.70. The highest BCUT2D eigenvalue weighted by Crippen LogP contribution is 2.28. The number of halogens is 1. The van der Waals surface area contributed by atoms with E-state index < -0.39 is 0 Å². The number of nitrogens with two attached hydrogens (primary N) is 1. The molecule has 1 aromatic carbocycles. The Balaban J connectivity index is 1.99. The Morgan fingerprint density at radius 3 is 2.67 bits per heavy atom. The second-order valence-corrected chi connectivity index (χ2v) is 5.72. The maximum Gasteiger partial charge on any atom is 0.133 e. The van der Waals surface area contributed by atoms with Gasteiger partial charge in [-0.15, -0.1) is 0 Å². The topological polar surface area (TPSA) is 38.5 Å². The summed E-state index contributed by atoms with van der Waals surface area (Å²) in [5.41, 5.74) is 7.44. The van der Waals surface area contributed by atoms with E-state index in [1.807, 2.05) is 6.07 Å². The predicted octanol–water partition coefficient (Wildman–Crippen LogP) is 2.94. The lowest BCUT2D eigenvalue weighted by molar-refractivity contribution is 0.216. The van der Waals surface area contributed by atoms with Gasteiger partial charge in [0, 0.05) is 12.6 Å². The summed E-state index contributed by atoms with van der Waals surface area (Å²) >= 11 is 3.51. The fraction of sp³-hybridized carbons (Fsp3) is 0.571. The van der Waals surface area contributed by atoms with Gasteiger partial charge >= 0.3 is 0 Å². The molecule has 2 N–H and O–H groups in total. The molecule has 1 heterocycles. The Morgan fingerprint density at radius 1 is 1.33 bits per heavy atom. The SMILES string of the molecule is COc1ccc(C(N)CN2CCCCC2)cc1Br. The number of rotatable bonds is 4. The molecule has 0 aromatic heterocycles. The molecule has 0 aliphatic carbocycles. The van der Waals surface area contributed by atoms with Crippen molar-refractivity contribution in [3.63, 3.8) is 0 Å². The van der Waals surface area contributed by atoms with Gasteiger partial charge in [0.1, 0.15) is 5.75 Å². The Morgan fingerprint density at radius 2 is 2.06 bits per heavy atom. The highest BCUT2D eigenvalue weighted by atomic mass is 79.9. The van der Waals surface area contributed by atoms with E-state index in [0.717, 1.165) is 22.3 Å². The van der Waals surface area contributed by atoms with E-state index in [2.05, 4.69) is 33.0 Å². The predicted molar refractivity (Wildman–Crippen MR) is 77.9 cm³/mol. The summed E-state index contributed by atoms with van der Waals surface area (Å²) in [6.45, 7) is 3.31. The smallest absolute Gasteiger partial charge is 0.133 e. The van der Waals surface area contributed by atoms with Crippen LogP contribution in [0.25, 0.3) is 0 Å². The lowest BCUT2D eigenvalue weighted by Gasteiger charge is -2.29. The Bertz CT molecular complexity index is 391. The molecule has 0 radical (unpaired) electrons. The minimum Gasteiger partial charge on any atom is -0.496 e. The third-order valence-electron chi connectivity index (χ3n) is 3.51. The van der Waals surface area contributed by atoms with E-state index in [1.165, 1.54) is 32.4 Å². The molecule has 18 heavy (non-hydrogen) atoms. The lowest BCUT2D eigenvalue weighted by atomic mass is 10.1. The van der Waals surface area contributed by atoms with Crippen LogP contribution in [0.3, 0.4) is 0 Å². The molecule has 1 aliphatic rings. The van der Waals surface area contributed by atoms with E-state index in [9.17, 15) is 0 Å². The first-order valence-corrected chi connectivity index (χ1v) is 7.31. The zero-order valence-corrected chi connectivity index (χ0v) is 12.4. The number of likely N-dealkylation sites (tertiary alicyclic amines) is 1. The minimum absolute atomic E-state index is 0.0744. The summed E-state index contributed by atoms with van der Waals surface area (Å²) < 4.78 is 6.20. The second-order valence-electron chi connectivity index (χ2n) is 4.86. The number of benzene rings is 1. The second kappa shape index (κ2) is 6.55. The highest BCUT2D eigenvalue weighted by Gasteiger charge is 2.15. The van der Waals surface area contributed by atoms with Gasteiger partial charge in [0.25, 0.3) is 0 Å². The maximum absolute atomic E-state index is 6.28. The average molecular weight is 313 g/mol. The molecular weight excluding hydrogens is 292 g/mol. The van der Waals surface area contributed by atoms with Crippen LogP contribution in [0.4, 0.5) is 0 Å². The molecular formula is C14H21BrN2O. The van der Waals surface area contributed by atoms with Crippen molar-refractivity contribution in [2.24, 2.45) is 5.73 Å². The monoisotopic (exact) mass is 312 g/mol. The molecule has 0 saturated carbocycles. The van der Waals surface area contributed by atoms with E-state index >= 15 is 0 Å². The standard InChI is InChI=1S/C14H21BrN2O/c1-18-14-6-5-11(9-12(14)15)13(16)10-17-7-3-2-4-8-17/h5-6,9,13H,2-4,7-8,10,16H2,1H3. The van der Waals surface area contributed by atoms with Crippen molar-refractivity contribution in [2.75, 3.05) is 26.7 Å². The molecule has 1 aromatic rings. The van der Waals surface area contributed by atoms with Gasteiger partial charge in [-0.05, 0) is 59.6 Å². The highest BCUT2D eigenvalue weighted by molar-refractivity contribution is 9.10. The lowest BCUT2D eigenvalue weighted by Crippen LogP contribution is -2.36. The quantitative estimate of drug-likeness (QED) is 0.929. The molecule has 100 valence electrons. The molecule has 1 unspecified atom stereocenters. The number of piperidine rings is 1. The van der Waals surface area contributed by atoms with Crippen molar-refractivity contribution < 1.29 is 4.74 Å². The summed E-state index contributed by atoms with van der Waals surface area (Å²) in [7, 11) is 1.67. The van der Waals surface area contributed by atoms with Crippen LogP contribution in [-0.2, 0) is 0 Å². The first-order valence-electron chi connectivity index (χ1n) is 6.52. The number of methoxy groups -OCH3 is 1. The normalized spacial score (nSPS) is 18.6. The van der Waals surface area contributed by atoms with Crippen LogP contribution in [-0.4, -0.2) is 31.6 Å². The number of ether oxygens (including phenoxy) is 1. The van der Waals surface area contributed by atoms with Gasteiger partial charge in [-0.3, -0.25) is 0 Å². The van der Waals surface area contributed by atoms with Crippen molar-refractivity contribution in [3.05, 3.63) is 28.2 Å². The van der Waals surface area contributed by atoms with Crippen molar-refractivity contribution in [1.82, 2.24) is 4.90 Å².